The van der Waals surface area contributed by atoms with E-state index in [1.54, 1.807) is 18.3 Å². The number of amides is 1. The molecule has 1 aliphatic heterocycles. The Hall–Kier alpha value is -3.78. The number of piperazine rings is 1. The number of ether oxygens (including phenoxy) is 3. The molecule has 1 saturated heterocycles. The predicted molar refractivity (Wildman–Crippen MR) is 136 cm³/mol. The summed E-state index contributed by atoms with van der Waals surface area (Å²) in [6.45, 7) is 4.05. The summed E-state index contributed by atoms with van der Waals surface area (Å²) < 4.78 is 16.2. The van der Waals surface area contributed by atoms with Crippen LogP contribution in [0.15, 0.2) is 67.0 Å². The van der Waals surface area contributed by atoms with Crippen molar-refractivity contribution in [3.63, 3.8) is 0 Å². The Morgan fingerprint density at radius 3 is 2.20 bits per heavy atom. The van der Waals surface area contributed by atoms with E-state index < -0.39 is 0 Å². The number of para-hydroxylation sites is 1. The zero-order valence-electron chi connectivity index (χ0n) is 20.4. The maximum Gasteiger partial charge on any atom is 0.251 e. The Bertz CT molecular complexity index is 1080. The van der Waals surface area contributed by atoms with Crippen molar-refractivity contribution < 1.29 is 19.0 Å². The van der Waals surface area contributed by atoms with Gasteiger partial charge >= 0.3 is 0 Å². The number of methoxy groups -OCH3 is 3. The molecule has 2 heterocycles. The highest BCUT2D eigenvalue weighted by molar-refractivity contribution is 5.95. The fourth-order valence-corrected chi connectivity index (χ4v) is 4.47. The van der Waals surface area contributed by atoms with Crippen molar-refractivity contribution in [2.24, 2.45) is 0 Å². The van der Waals surface area contributed by atoms with Crippen LogP contribution in [0.5, 0.6) is 17.2 Å². The van der Waals surface area contributed by atoms with Crippen molar-refractivity contribution in [3.05, 3.63) is 78.1 Å². The van der Waals surface area contributed by atoms with Gasteiger partial charge in [-0.05, 0) is 35.9 Å². The lowest BCUT2D eigenvalue weighted by Gasteiger charge is -2.40. The second-order valence-electron chi connectivity index (χ2n) is 8.28. The van der Waals surface area contributed by atoms with Crippen LogP contribution in [0.1, 0.15) is 22.0 Å². The van der Waals surface area contributed by atoms with Gasteiger partial charge in [-0.3, -0.25) is 14.7 Å². The van der Waals surface area contributed by atoms with Crippen molar-refractivity contribution in [3.8, 4) is 17.2 Å². The van der Waals surface area contributed by atoms with Crippen LogP contribution in [-0.4, -0.2) is 69.8 Å². The number of nitrogens with one attached hydrogen (secondary N) is 1. The molecule has 0 saturated carbocycles. The first-order valence-electron chi connectivity index (χ1n) is 11.7. The lowest BCUT2D eigenvalue weighted by atomic mass is 10.1. The standard InChI is InChI=1S/C27H32N4O4/c1-33-24-16-21(17-25(34-2)26(24)35-3)27(32)29-19-23(20-8-7-11-28-18-20)31-14-12-30(13-15-31)22-9-5-4-6-10-22/h4-11,16-18,23H,12-15,19H2,1-3H3,(H,29,32)/t23-/m1/s1. The molecule has 0 radical (unpaired) electrons. The van der Waals surface area contributed by atoms with Gasteiger partial charge in [0.25, 0.3) is 5.91 Å². The Kier molecular flexibility index (Phi) is 8.05. The molecule has 0 unspecified atom stereocenters. The van der Waals surface area contributed by atoms with Crippen molar-refractivity contribution in [2.75, 3.05) is 59.0 Å². The van der Waals surface area contributed by atoms with Gasteiger partial charge in [0.15, 0.2) is 11.5 Å². The summed E-state index contributed by atoms with van der Waals surface area (Å²) >= 11 is 0. The summed E-state index contributed by atoms with van der Waals surface area (Å²) in [6, 6.07) is 17.8. The van der Waals surface area contributed by atoms with E-state index in [0.717, 1.165) is 31.7 Å². The maximum absolute atomic E-state index is 13.1. The molecule has 0 bridgehead atoms. The van der Waals surface area contributed by atoms with Crippen LogP contribution in [-0.2, 0) is 0 Å². The van der Waals surface area contributed by atoms with Crippen LogP contribution in [0.2, 0.25) is 0 Å². The van der Waals surface area contributed by atoms with Crippen molar-refractivity contribution in [1.29, 1.82) is 0 Å². The molecule has 0 aliphatic carbocycles. The molecule has 1 aromatic heterocycles. The van der Waals surface area contributed by atoms with E-state index in [9.17, 15) is 4.79 Å². The molecule has 35 heavy (non-hydrogen) atoms. The van der Waals surface area contributed by atoms with Crippen LogP contribution in [0.4, 0.5) is 5.69 Å². The SMILES string of the molecule is COc1cc(C(=O)NC[C@H](c2cccnc2)N2CCN(c3ccccc3)CC2)cc(OC)c1OC. The van der Waals surface area contributed by atoms with E-state index in [1.165, 1.54) is 27.0 Å². The molecule has 1 N–H and O–H groups in total. The van der Waals surface area contributed by atoms with E-state index in [2.05, 4.69) is 50.4 Å². The fraction of sp³-hybridized carbons (Fsp3) is 0.333. The average molecular weight is 477 g/mol. The zero-order valence-corrected chi connectivity index (χ0v) is 20.4. The van der Waals surface area contributed by atoms with Gasteiger partial charge in [-0.1, -0.05) is 24.3 Å². The highest BCUT2D eigenvalue weighted by Crippen LogP contribution is 2.38. The number of rotatable bonds is 9. The van der Waals surface area contributed by atoms with E-state index >= 15 is 0 Å². The van der Waals surface area contributed by atoms with Gasteiger partial charge in [0.05, 0.1) is 27.4 Å². The smallest absolute Gasteiger partial charge is 0.251 e. The fourth-order valence-electron chi connectivity index (χ4n) is 4.47. The van der Waals surface area contributed by atoms with Gasteiger partial charge in [-0.2, -0.15) is 0 Å². The van der Waals surface area contributed by atoms with Crippen molar-refractivity contribution in [1.82, 2.24) is 15.2 Å². The molecule has 2 aromatic carbocycles. The monoisotopic (exact) mass is 476 g/mol. The molecule has 1 aliphatic rings. The van der Waals surface area contributed by atoms with Gasteiger partial charge in [0.1, 0.15) is 0 Å². The summed E-state index contributed by atoms with van der Waals surface area (Å²) in [5, 5.41) is 3.10. The van der Waals surface area contributed by atoms with Gasteiger partial charge < -0.3 is 24.4 Å². The predicted octanol–water partition coefficient (Wildman–Crippen LogP) is 3.40. The molecule has 1 atom stereocenters. The number of aromatic nitrogens is 1. The second kappa shape index (κ2) is 11.6. The zero-order chi connectivity index (χ0) is 24.6. The summed E-state index contributed by atoms with van der Waals surface area (Å²) in [5.74, 6) is 1.13. The molecule has 1 amide bonds. The minimum atomic E-state index is -0.207. The number of carbonyl (C=O) groups is 1. The normalized spacial score (nSPS) is 14.8. The number of hydrogen-bond acceptors (Lipinski definition) is 7. The Morgan fingerprint density at radius 1 is 0.943 bits per heavy atom. The molecule has 1 fully saturated rings. The molecule has 8 nitrogen and oxygen atoms in total. The van der Waals surface area contributed by atoms with Gasteiger partial charge in [0, 0.05) is 56.4 Å². The summed E-state index contributed by atoms with van der Waals surface area (Å²) in [4.78, 5) is 22.2. The van der Waals surface area contributed by atoms with E-state index in [-0.39, 0.29) is 11.9 Å². The van der Waals surface area contributed by atoms with Crippen molar-refractivity contribution in [2.45, 2.75) is 6.04 Å². The highest BCUT2D eigenvalue weighted by atomic mass is 16.5. The first-order valence-corrected chi connectivity index (χ1v) is 11.7. The van der Waals surface area contributed by atoms with Crippen molar-refractivity contribution >= 4 is 11.6 Å². The number of hydrogen-bond donors (Lipinski definition) is 1. The molecule has 184 valence electrons. The number of carbonyl (C=O) groups excluding carboxylic acids is 1. The quantitative estimate of drug-likeness (QED) is 0.507. The summed E-state index contributed by atoms with van der Waals surface area (Å²) in [7, 11) is 4.61. The van der Waals surface area contributed by atoms with E-state index in [1.807, 2.05) is 18.3 Å². The third-order valence-corrected chi connectivity index (χ3v) is 6.33. The molecule has 3 aromatic rings. The third kappa shape index (κ3) is 5.66. The lowest BCUT2D eigenvalue weighted by Crippen LogP contribution is -2.50. The minimum absolute atomic E-state index is 0.00705. The number of nitrogens with zero attached hydrogens (tertiary/aromatic N) is 3. The first-order chi connectivity index (χ1) is 17.1. The summed E-state index contributed by atoms with van der Waals surface area (Å²) in [5.41, 5.74) is 2.75. The highest BCUT2D eigenvalue weighted by Gasteiger charge is 2.26. The topological polar surface area (TPSA) is 76.2 Å². The van der Waals surface area contributed by atoms with Crippen LogP contribution in [0, 0.1) is 0 Å². The molecular formula is C27H32N4O4. The number of benzene rings is 2. The van der Waals surface area contributed by atoms with Crippen LogP contribution < -0.4 is 24.4 Å². The van der Waals surface area contributed by atoms with Crippen LogP contribution in [0.3, 0.4) is 0 Å². The third-order valence-electron chi connectivity index (χ3n) is 6.33. The first kappa shape index (κ1) is 24.3. The molecule has 4 rings (SSSR count). The largest absolute Gasteiger partial charge is 0.493 e. The van der Waals surface area contributed by atoms with Crippen LogP contribution >= 0.6 is 0 Å². The number of pyridine rings is 1. The lowest BCUT2D eigenvalue weighted by molar-refractivity contribution is 0.0929. The number of anilines is 1. The minimum Gasteiger partial charge on any atom is -0.493 e. The molecule has 8 heteroatoms. The summed E-state index contributed by atoms with van der Waals surface area (Å²) in [6.07, 6.45) is 3.64. The maximum atomic E-state index is 13.1. The Morgan fingerprint density at radius 2 is 1.63 bits per heavy atom. The van der Waals surface area contributed by atoms with E-state index in [4.69, 9.17) is 14.2 Å². The second-order valence-corrected chi connectivity index (χ2v) is 8.28. The molecular weight excluding hydrogens is 444 g/mol. The van der Waals surface area contributed by atoms with Gasteiger partial charge in [0.2, 0.25) is 5.75 Å². The van der Waals surface area contributed by atoms with Gasteiger partial charge in [-0.15, -0.1) is 0 Å². The Balaban J connectivity index is 1.48. The average Bonchev–Trinajstić information content (AvgIpc) is 2.93. The van der Waals surface area contributed by atoms with Crippen LogP contribution in [0.25, 0.3) is 0 Å². The van der Waals surface area contributed by atoms with E-state index in [0.29, 0.717) is 29.4 Å². The molecule has 0 spiro atoms. The van der Waals surface area contributed by atoms with Gasteiger partial charge in [-0.25, -0.2) is 0 Å². The Labute approximate surface area is 206 Å².